The van der Waals surface area contributed by atoms with Gasteiger partial charge in [-0.25, -0.2) is 4.98 Å². The van der Waals surface area contributed by atoms with E-state index < -0.39 is 0 Å². The van der Waals surface area contributed by atoms with Crippen LogP contribution in [0.25, 0.3) is 0 Å². The molecule has 0 fully saturated rings. The maximum absolute atomic E-state index is 12.4. The molecule has 0 aliphatic carbocycles. The van der Waals surface area contributed by atoms with Crippen molar-refractivity contribution in [3.05, 3.63) is 64.3 Å². The molecule has 8 nitrogen and oxygen atoms in total. The molecule has 0 bridgehead atoms. The Hall–Kier alpha value is -3.07. The molecule has 0 spiro atoms. The van der Waals surface area contributed by atoms with Gasteiger partial charge in [-0.1, -0.05) is 11.2 Å². The van der Waals surface area contributed by atoms with Gasteiger partial charge in [0.1, 0.15) is 5.82 Å². The fourth-order valence-corrected chi connectivity index (χ4v) is 2.68. The number of carbonyl (C=O) groups is 2. The van der Waals surface area contributed by atoms with Crippen LogP contribution in [-0.2, 0) is 11.2 Å². The highest BCUT2D eigenvalue weighted by atomic mass is 79.9. The lowest BCUT2D eigenvalue weighted by Crippen LogP contribution is -2.15. The van der Waals surface area contributed by atoms with Crippen molar-refractivity contribution < 1.29 is 14.1 Å². The third-order valence-electron chi connectivity index (χ3n) is 3.74. The van der Waals surface area contributed by atoms with Crippen molar-refractivity contribution in [2.24, 2.45) is 0 Å². The number of hydrogen-bond acceptors (Lipinski definition) is 6. The van der Waals surface area contributed by atoms with Crippen molar-refractivity contribution in [2.45, 2.75) is 26.2 Å². The molecule has 9 heteroatoms. The molecule has 0 aliphatic heterocycles. The lowest BCUT2D eigenvalue weighted by molar-refractivity contribution is -0.116. The highest BCUT2D eigenvalue weighted by Crippen LogP contribution is 2.15. The van der Waals surface area contributed by atoms with Gasteiger partial charge in [0, 0.05) is 34.8 Å². The predicted octanol–water partition coefficient (Wildman–Crippen LogP) is 3.75. The van der Waals surface area contributed by atoms with E-state index in [1.807, 2.05) is 0 Å². The lowest BCUT2D eigenvalue weighted by atomic mass is 10.1. The Morgan fingerprint density at radius 2 is 2.04 bits per heavy atom. The topological polar surface area (TPSA) is 110 Å². The minimum Gasteiger partial charge on any atom is -0.339 e. The first kappa shape index (κ1) is 19.7. The molecule has 1 aromatic carbocycles. The minimum atomic E-state index is -0.308. The van der Waals surface area contributed by atoms with Crippen LogP contribution in [0.15, 0.2) is 51.6 Å². The van der Waals surface area contributed by atoms with Crippen LogP contribution in [0.2, 0.25) is 0 Å². The molecule has 144 valence electrons. The summed E-state index contributed by atoms with van der Waals surface area (Å²) in [7, 11) is 0. The Morgan fingerprint density at radius 1 is 1.18 bits per heavy atom. The first-order valence-corrected chi connectivity index (χ1v) is 9.41. The molecule has 0 atom stereocenters. The van der Waals surface area contributed by atoms with Gasteiger partial charge in [0.15, 0.2) is 5.82 Å². The van der Waals surface area contributed by atoms with Gasteiger partial charge < -0.3 is 15.2 Å². The monoisotopic (exact) mass is 443 g/mol. The minimum absolute atomic E-state index is 0.150. The molecule has 0 unspecified atom stereocenters. The van der Waals surface area contributed by atoms with Crippen LogP contribution in [-0.4, -0.2) is 26.9 Å². The van der Waals surface area contributed by atoms with Gasteiger partial charge in [-0.15, -0.1) is 0 Å². The summed E-state index contributed by atoms with van der Waals surface area (Å²) in [5.74, 6) is 1.08. The van der Waals surface area contributed by atoms with Crippen molar-refractivity contribution in [3.63, 3.8) is 0 Å². The van der Waals surface area contributed by atoms with Crippen molar-refractivity contribution in [1.82, 2.24) is 15.1 Å². The largest absolute Gasteiger partial charge is 0.339 e. The Labute approximate surface area is 169 Å². The summed E-state index contributed by atoms with van der Waals surface area (Å²) >= 11 is 3.29. The Kier molecular flexibility index (Phi) is 6.49. The second-order valence-electron chi connectivity index (χ2n) is 6.03. The average Bonchev–Trinajstić information content (AvgIpc) is 3.09. The molecule has 0 saturated heterocycles. The van der Waals surface area contributed by atoms with E-state index in [0.717, 1.165) is 4.47 Å². The summed E-state index contributed by atoms with van der Waals surface area (Å²) in [5, 5.41) is 9.22. The number of carbonyl (C=O) groups excluding carboxylic acids is 2. The maximum atomic E-state index is 12.4. The van der Waals surface area contributed by atoms with Crippen LogP contribution in [0.3, 0.4) is 0 Å². The molecular weight excluding hydrogens is 426 g/mol. The van der Waals surface area contributed by atoms with Crippen LogP contribution in [0.5, 0.6) is 0 Å². The highest BCUT2D eigenvalue weighted by molar-refractivity contribution is 9.10. The molecule has 0 aliphatic rings. The number of amides is 2. The highest BCUT2D eigenvalue weighted by Gasteiger charge is 2.10. The van der Waals surface area contributed by atoms with Crippen LogP contribution >= 0.6 is 15.9 Å². The summed E-state index contributed by atoms with van der Waals surface area (Å²) in [6.07, 6.45) is 3.03. The van der Waals surface area contributed by atoms with Crippen LogP contribution in [0.1, 0.15) is 34.9 Å². The summed E-state index contributed by atoms with van der Waals surface area (Å²) in [5.41, 5.74) is 0.971. The molecule has 3 rings (SSSR count). The number of aryl methyl sites for hydroxylation is 2. The van der Waals surface area contributed by atoms with E-state index in [1.54, 1.807) is 49.5 Å². The van der Waals surface area contributed by atoms with E-state index >= 15 is 0 Å². The Bertz CT molecular complexity index is 972. The average molecular weight is 444 g/mol. The number of halogens is 1. The molecule has 3 aromatic rings. The molecule has 2 aromatic heterocycles. The number of hydrogen-bond donors (Lipinski definition) is 2. The smallest absolute Gasteiger partial charge is 0.256 e. The molecule has 2 amide bonds. The second-order valence-corrected chi connectivity index (χ2v) is 6.95. The summed E-state index contributed by atoms with van der Waals surface area (Å²) in [6, 6.07) is 10.2. The van der Waals surface area contributed by atoms with E-state index in [-0.39, 0.29) is 11.8 Å². The van der Waals surface area contributed by atoms with E-state index in [1.165, 1.54) is 0 Å². The predicted molar refractivity (Wildman–Crippen MR) is 107 cm³/mol. The van der Waals surface area contributed by atoms with Crippen LogP contribution < -0.4 is 10.6 Å². The number of aromatic nitrogens is 3. The lowest BCUT2D eigenvalue weighted by Gasteiger charge is -2.08. The van der Waals surface area contributed by atoms with E-state index in [0.29, 0.717) is 48.0 Å². The normalized spacial score (nSPS) is 10.5. The fourth-order valence-electron chi connectivity index (χ4n) is 2.44. The molecule has 0 saturated carbocycles. The van der Waals surface area contributed by atoms with Crippen LogP contribution in [0, 0.1) is 6.92 Å². The third-order valence-corrected chi connectivity index (χ3v) is 4.21. The van der Waals surface area contributed by atoms with Crippen molar-refractivity contribution in [3.8, 4) is 0 Å². The van der Waals surface area contributed by atoms with Crippen molar-refractivity contribution in [2.75, 3.05) is 10.6 Å². The van der Waals surface area contributed by atoms with Gasteiger partial charge in [-0.2, -0.15) is 4.98 Å². The zero-order valence-corrected chi connectivity index (χ0v) is 16.7. The number of anilines is 2. The summed E-state index contributed by atoms with van der Waals surface area (Å²) < 4.78 is 5.84. The summed E-state index contributed by atoms with van der Waals surface area (Å²) in [4.78, 5) is 32.7. The molecular formula is C19H18BrN5O3. The quantitative estimate of drug-likeness (QED) is 0.575. The molecule has 2 N–H and O–H groups in total. The van der Waals surface area contributed by atoms with E-state index in [9.17, 15) is 9.59 Å². The standard InChI is InChI=1S/C19H18BrN5O3/c1-12-22-18(28-25-12)7-3-6-17(26)23-15-5-2-4-13(10-15)19(27)24-16-9-8-14(20)11-21-16/h2,4-5,8-11H,3,6-7H2,1H3,(H,23,26)(H,21,24,27). The second kappa shape index (κ2) is 9.23. The van der Waals surface area contributed by atoms with E-state index in [2.05, 4.69) is 41.7 Å². The van der Waals surface area contributed by atoms with Crippen molar-refractivity contribution in [1.29, 1.82) is 0 Å². The molecule has 28 heavy (non-hydrogen) atoms. The zero-order chi connectivity index (χ0) is 19.9. The van der Waals surface area contributed by atoms with Gasteiger partial charge in [0.2, 0.25) is 11.8 Å². The first-order chi connectivity index (χ1) is 13.5. The van der Waals surface area contributed by atoms with Gasteiger partial charge in [0.05, 0.1) is 0 Å². The van der Waals surface area contributed by atoms with Gasteiger partial charge in [0.25, 0.3) is 5.91 Å². The number of nitrogens with zero attached hydrogens (tertiary/aromatic N) is 3. The molecule has 2 heterocycles. The number of rotatable bonds is 7. The Balaban J connectivity index is 1.52. The fraction of sp³-hybridized carbons (Fsp3) is 0.211. The summed E-state index contributed by atoms with van der Waals surface area (Å²) in [6.45, 7) is 1.75. The van der Waals surface area contributed by atoms with Gasteiger partial charge in [-0.3, -0.25) is 9.59 Å². The number of nitrogens with one attached hydrogen (secondary N) is 2. The van der Waals surface area contributed by atoms with Crippen molar-refractivity contribution >= 4 is 39.2 Å². The SMILES string of the molecule is Cc1noc(CCCC(=O)Nc2cccc(C(=O)Nc3ccc(Br)cn3)c2)n1. The Morgan fingerprint density at radius 3 is 2.75 bits per heavy atom. The third kappa shape index (κ3) is 5.71. The van der Waals surface area contributed by atoms with E-state index in [4.69, 9.17) is 4.52 Å². The molecule has 0 radical (unpaired) electrons. The first-order valence-electron chi connectivity index (χ1n) is 8.61. The van der Waals surface area contributed by atoms with Crippen LogP contribution in [0.4, 0.5) is 11.5 Å². The number of benzene rings is 1. The van der Waals surface area contributed by atoms with Gasteiger partial charge in [-0.05, 0) is 59.6 Å². The zero-order valence-electron chi connectivity index (χ0n) is 15.1. The maximum Gasteiger partial charge on any atom is 0.256 e. The van der Waals surface area contributed by atoms with Gasteiger partial charge >= 0.3 is 0 Å². The number of pyridine rings is 1.